The van der Waals surface area contributed by atoms with Gasteiger partial charge in [-0.05, 0) is 46.3 Å². The normalized spacial score (nSPS) is 10.2. The number of hydrazone groups is 1. The Balaban J connectivity index is 1.87. The zero-order valence-electron chi connectivity index (χ0n) is 12.7. The van der Waals surface area contributed by atoms with Gasteiger partial charge >= 0.3 is 0 Å². The van der Waals surface area contributed by atoms with Gasteiger partial charge in [-0.25, -0.2) is 5.43 Å². The zero-order chi connectivity index (χ0) is 18.2. The van der Waals surface area contributed by atoms with Gasteiger partial charge in [-0.3, -0.25) is 14.9 Å². The number of nitro groups is 1. The molecule has 0 unspecified atom stereocenters. The monoisotopic (exact) mass is 402 g/mol. The summed E-state index contributed by atoms with van der Waals surface area (Å²) in [5.74, 6) is -0.0473. The smallest absolute Gasteiger partial charge is 0.284 e. The molecule has 126 valence electrons. The van der Waals surface area contributed by atoms with E-state index in [9.17, 15) is 14.9 Å². The van der Waals surface area contributed by atoms with Gasteiger partial charge in [0.25, 0.3) is 11.6 Å². The minimum Gasteiger partial charge on any atom is -0.484 e. The first kappa shape index (κ1) is 18.1. The number of nitriles is 1. The zero-order valence-corrected chi connectivity index (χ0v) is 14.3. The first-order valence-electron chi connectivity index (χ1n) is 6.88. The van der Waals surface area contributed by atoms with Crippen LogP contribution in [0.2, 0.25) is 0 Å². The van der Waals surface area contributed by atoms with Crippen molar-refractivity contribution >= 4 is 33.7 Å². The van der Waals surface area contributed by atoms with Crippen molar-refractivity contribution in [3.05, 3.63) is 68.2 Å². The molecular weight excluding hydrogens is 392 g/mol. The summed E-state index contributed by atoms with van der Waals surface area (Å²) in [6.07, 6.45) is 1.29. The highest BCUT2D eigenvalue weighted by molar-refractivity contribution is 9.10. The summed E-state index contributed by atoms with van der Waals surface area (Å²) in [6, 6.07) is 12.7. The van der Waals surface area contributed by atoms with Gasteiger partial charge in [0.05, 0.1) is 27.2 Å². The van der Waals surface area contributed by atoms with Gasteiger partial charge in [-0.2, -0.15) is 10.4 Å². The van der Waals surface area contributed by atoms with E-state index in [1.54, 1.807) is 30.3 Å². The quantitative estimate of drug-likeness (QED) is 0.452. The number of rotatable bonds is 6. The Bertz CT molecular complexity index is 859. The number of hydrogen-bond donors (Lipinski definition) is 1. The maximum absolute atomic E-state index is 11.6. The van der Waals surface area contributed by atoms with Crippen LogP contribution in [0, 0.1) is 21.4 Å². The van der Waals surface area contributed by atoms with Crippen LogP contribution in [0.25, 0.3) is 0 Å². The van der Waals surface area contributed by atoms with Crippen LogP contribution in [-0.4, -0.2) is 23.7 Å². The Morgan fingerprint density at radius 2 is 2.08 bits per heavy atom. The molecule has 2 aromatic carbocycles. The number of amides is 1. The van der Waals surface area contributed by atoms with Crippen molar-refractivity contribution in [3.63, 3.8) is 0 Å². The second-order valence-corrected chi connectivity index (χ2v) is 5.54. The summed E-state index contributed by atoms with van der Waals surface area (Å²) >= 11 is 3.08. The second kappa shape index (κ2) is 8.56. The van der Waals surface area contributed by atoms with Crippen molar-refractivity contribution in [1.29, 1.82) is 5.26 Å². The first-order valence-corrected chi connectivity index (χ1v) is 7.67. The molecule has 0 aliphatic carbocycles. The van der Waals surface area contributed by atoms with Gasteiger partial charge in [-0.15, -0.1) is 0 Å². The molecule has 0 bridgehead atoms. The molecule has 8 nitrogen and oxygen atoms in total. The average Bonchev–Trinajstić information content (AvgIpc) is 2.61. The van der Waals surface area contributed by atoms with Crippen molar-refractivity contribution in [2.24, 2.45) is 5.10 Å². The molecule has 0 radical (unpaired) electrons. The van der Waals surface area contributed by atoms with E-state index in [1.165, 1.54) is 18.3 Å². The third-order valence-electron chi connectivity index (χ3n) is 2.92. The minimum absolute atomic E-state index is 0.0978. The van der Waals surface area contributed by atoms with Crippen LogP contribution in [0.1, 0.15) is 11.1 Å². The van der Waals surface area contributed by atoms with Crippen molar-refractivity contribution in [2.75, 3.05) is 6.61 Å². The second-order valence-electron chi connectivity index (χ2n) is 4.69. The molecule has 2 aromatic rings. The van der Waals surface area contributed by atoms with Crippen molar-refractivity contribution < 1.29 is 14.5 Å². The molecule has 0 aromatic heterocycles. The third-order valence-corrected chi connectivity index (χ3v) is 3.59. The van der Waals surface area contributed by atoms with Crippen LogP contribution >= 0.6 is 15.9 Å². The van der Waals surface area contributed by atoms with Crippen LogP contribution in [0.5, 0.6) is 5.75 Å². The molecule has 9 heteroatoms. The van der Waals surface area contributed by atoms with Crippen LogP contribution < -0.4 is 10.2 Å². The van der Waals surface area contributed by atoms with Gasteiger partial charge in [0, 0.05) is 11.6 Å². The SMILES string of the molecule is N#Cc1ccc(OCC(=O)N/N=C\c2ccc(Br)c([N+](=O)[O-])c2)cc1. The molecule has 1 amide bonds. The number of benzene rings is 2. The molecule has 0 saturated heterocycles. The summed E-state index contributed by atoms with van der Waals surface area (Å²) in [7, 11) is 0. The molecular formula is C16H11BrN4O4. The maximum Gasteiger partial charge on any atom is 0.284 e. The fourth-order valence-corrected chi connectivity index (χ4v) is 2.13. The molecule has 0 aliphatic rings. The summed E-state index contributed by atoms with van der Waals surface area (Å²) in [5.41, 5.74) is 3.11. The average molecular weight is 403 g/mol. The summed E-state index contributed by atoms with van der Waals surface area (Å²) < 4.78 is 5.60. The van der Waals surface area contributed by atoms with E-state index in [0.29, 0.717) is 21.3 Å². The van der Waals surface area contributed by atoms with E-state index >= 15 is 0 Å². The number of halogens is 1. The van der Waals surface area contributed by atoms with E-state index in [-0.39, 0.29) is 12.3 Å². The first-order chi connectivity index (χ1) is 12.0. The Morgan fingerprint density at radius 3 is 2.72 bits per heavy atom. The Morgan fingerprint density at radius 1 is 1.36 bits per heavy atom. The van der Waals surface area contributed by atoms with Crippen molar-refractivity contribution in [1.82, 2.24) is 5.43 Å². The molecule has 0 atom stereocenters. The number of carbonyl (C=O) groups is 1. The van der Waals surface area contributed by atoms with Gasteiger partial charge in [0.2, 0.25) is 0 Å². The van der Waals surface area contributed by atoms with E-state index in [1.807, 2.05) is 6.07 Å². The van der Waals surface area contributed by atoms with E-state index in [0.717, 1.165) is 0 Å². The molecule has 0 fully saturated rings. The fraction of sp³-hybridized carbons (Fsp3) is 0.0625. The summed E-state index contributed by atoms with van der Waals surface area (Å²) in [6.45, 7) is -0.260. The number of nitro benzene ring substituents is 1. The molecule has 2 rings (SSSR count). The molecule has 0 saturated carbocycles. The van der Waals surface area contributed by atoms with E-state index in [4.69, 9.17) is 10.00 Å². The Kier molecular flexibility index (Phi) is 6.20. The Labute approximate surface area is 151 Å². The van der Waals surface area contributed by atoms with Gasteiger partial charge in [0.1, 0.15) is 5.75 Å². The largest absolute Gasteiger partial charge is 0.484 e. The molecule has 1 N–H and O–H groups in total. The van der Waals surface area contributed by atoms with Gasteiger partial charge in [-0.1, -0.05) is 6.07 Å². The molecule has 0 aliphatic heterocycles. The van der Waals surface area contributed by atoms with Crippen LogP contribution in [0.4, 0.5) is 5.69 Å². The lowest BCUT2D eigenvalue weighted by atomic mass is 10.2. The molecule has 0 spiro atoms. The topological polar surface area (TPSA) is 118 Å². The standard InChI is InChI=1S/C16H11BrN4O4/c17-14-6-3-12(7-15(14)21(23)24)9-19-20-16(22)10-25-13-4-1-11(8-18)2-5-13/h1-7,9H,10H2,(H,20,22)/b19-9-. The predicted molar refractivity (Wildman–Crippen MR) is 93.2 cm³/mol. The third kappa shape index (κ3) is 5.40. The highest BCUT2D eigenvalue weighted by atomic mass is 79.9. The highest BCUT2D eigenvalue weighted by Gasteiger charge is 2.11. The lowest BCUT2D eigenvalue weighted by Crippen LogP contribution is -2.24. The number of nitrogens with zero attached hydrogens (tertiary/aromatic N) is 3. The number of hydrogen-bond acceptors (Lipinski definition) is 6. The van der Waals surface area contributed by atoms with E-state index < -0.39 is 10.8 Å². The summed E-state index contributed by atoms with van der Waals surface area (Å²) in [5, 5.41) is 23.3. The van der Waals surface area contributed by atoms with Crippen molar-refractivity contribution in [3.8, 4) is 11.8 Å². The highest BCUT2D eigenvalue weighted by Crippen LogP contribution is 2.24. The van der Waals surface area contributed by atoms with Crippen LogP contribution in [0.3, 0.4) is 0 Å². The van der Waals surface area contributed by atoms with Crippen molar-refractivity contribution in [2.45, 2.75) is 0 Å². The van der Waals surface area contributed by atoms with Gasteiger partial charge in [0.15, 0.2) is 6.61 Å². The number of nitrogens with one attached hydrogen (secondary N) is 1. The van der Waals surface area contributed by atoms with E-state index in [2.05, 4.69) is 26.5 Å². The van der Waals surface area contributed by atoms with Crippen LogP contribution in [-0.2, 0) is 4.79 Å². The van der Waals surface area contributed by atoms with Gasteiger partial charge < -0.3 is 4.74 Å². The molecule has 0 heterocycles. The lowest BCUT2D eigenvalue weighted by molar-refractivity contribution is -0.385. The Hall–Kier alpha value is -3.25. The number of ether oxygens (including phenoxy) is 1. The number of carbonyl (C=O) groups excluding carboxylic acids is 1. The lowest BCUT2D eigenvalue weighted by Gasteiger charge is -2.04. The minimum atomic E-state index is -0.522. The predicted octanol–water partition coefficient (Wildman–Crippen LogP) is 2.76. The molecule has 25 heavy (non-hydrogen) atoms. The fourth-order valence-electron chi connectivity index (χ4n) is 1.74. The van der Waals surface area contributed by atoms with Crippen LogP contribution in [0.15, 0.2) is 52.0 Å². The maximum atomic E-state index is 11.6. The summed E-state index contributed by atoms with van der Waals surface area (Å²) in [4.78, 5) is 22.0.